The van der Waals surface area contributed by atoms with Gasteiger partial charge in [0.1, 0.15) is 0 Å². The minimum Gasteiger partial charge on any atom is -0.372 e. The van der Waals surface area contributed by atoms with Crippen LogP contribution in [0.4, 0.5) is 0 Å². The lowest BCUT2D eigenvalue weighted by Crippen LogP contribution is -2.51. The summed E-state index contributed by atoms with van der Waals surface area (Å²) in [5.74, 6) is 5.57. The summed E-state index contributed by atoms with van der Waals surface area (Å²) in [6, 6.07) is 0. The fourth-order valence-corrected chi connectivity index (χ4v) is 9.25. The molecule has 0 radical (unpaired) electrons. The smallest absolute Gasteiger partial charge is 0.0619 e. The van der Waals surface area contributed by atoms with E-state index in [2.05, 4.69) is 61.5 Å². The molecule has 0 saturated heterocycles. The number of rotatable bonds is 6. The normalized spacial score (nSPS) is 42.8. The third kappa shape index (κ3) is 4.63. The van der Waals surface area contributed by atoms with E-state index < -0.39 is 0 Å². The highest BCUT2D eigenvalue weighted by molar-refractivity contribution is 5.25. The van der Waals surface area contributed by atoms with E-state index in [1.54, 1.807) is 5.57 Å². The molecule has 0 aromatic heterocycles. The highest BCUT2D eigenvalue weighted by Crippen LogP contribution is 2.67. The Bertz CT molecular complexity index is 683. The molecule has 4 rings (SSSR count). The van der Waals surface area contributed by atoms with Gasteiger partial charge in [-0.1, -0.05) is 65.5 Å². The van der Waals surface area contributed by atoms with E-state index in [9.17, 15) is 0 Å². The number of hydrogen-bond donors (Lipinski definition) is 0. The van der Waals surface area contributed by atoms with Gasteiger partial charge in [0.25, 0.3) is 0 Å². The first-order valence-electron chi connectivity index (χ1n) is 14.3. The summed E-state index contributed by atoms with van der Waals surface area (Å²) in [6.45, 7) is 19.4. The van der Waals surface area contributed by atoms with E-state index in [0.717, 1.165) is 35.5 Å². The topological polar surface area (TPSA) is 9.23 Å². The van der Waals surface area contributed by atoms with Crippen LogP contribution in [0.2, 0.25) is 0 Å². The Morgan fingerprint density at radius 1 is 0.969 bits per heavy atom. The van der Waals surface area contributed by atoms with Crippen LogP contribution in [0.1, 0.15) is 126 Å². The van der Waals surface area contributed by atoms with Crippen LogP contribution in [-0.2, 0) is 4.74 Å². The lowest BCUT2D eigenvalue weighted by Gasteiger charge is -2.58. The molecule has 0 spiro atoms. The molecule has 1 heteroatoms. The van der Waals surface area contributed by atoms with E-state index in [0.29, 0.717) is 16.9 Å². The Hall–Kier alpha value is -0.300. The number of ether oxygens (including phenoxy) is 1. The third-order valence-electron chi connectivity index (χ3n) is 10.8. The van der Waals surface area contributed by atoms with E-state index in [1.165, 1.54) is 70.6 Å². The molecule has 184 valence electrons. The van der Waals surface area contributed by atoms with Crippen molar-refractivity contribution in [3.63, 3.8) is 0 Å². The molecule has 0 aromatic rings. The van der Waals surface area contributed by atoms with Crippen molar-refractivity contribution in [2.75, 3.05) is 0 Å². The highest BCUT2D eigenvalue weighted by atomic mass is 16.5. The van der Waals surface area contributed by atoms with Gasteiger partial charge in [-0.3, -0.25) is 0 Å². The fraction of sp³-hybridized carbons (Fsp3) is 0.935. The van der Waals surface area contributed by atoms with Gasteiger partial charge in [0, 0.05) is 0 Å². The van der Waals surface area contributed by atoms with Crippen molar-refractivity contribution in [3.8, 4) is 0 Å². The summed E-state index contributed by atoms with van der Waals surface area (Å²) in [6.07, 6.45) is 18.6. The summed E-state index contributed by atoms with van der Waals surface area (Å²) in [5.41, 5.74) is 2.79. The summed E-state index contributed by atoms with van der Waals surface area (Å²) in [5, 5.41) is 0. The van der Waals surface area contributed by atoms with Crippen LogP contribution in [-0.4, -0.2) is 11.7 Å². The van der Waals surface area contributed by atoms with Gasteiger partial charge < -0.3 is 4.74 Å². The van der Waals surface area contributed by atoms with Gasteiger partial charge in [-0.25, -0.2) is 0 Å². The van der Waals surface area contributed by atoms with Crippen molar-refractivity contribution < 1.29 is 4.74 Å². The van der Waals surface area contributed by atoms with Crippen LogP contribution >= 0.6 is 0 Å². The number of fused-ring (bicyclic) bond motifs is 5. The number of allylic oxidation sites excluding steroid dienone is 1. The second kappa shape index (κ2) is 9.05. The first kappa shape index (κ1) is 24.8. The van der Waals surface area contributed by atoms with Crippen molar-refractivity contribution in [3.05, 3.63) is 11.6 Å². The van der Waals surface area contributed by atoms with E-state index in [1.807, 2.05) is 0 Å². The maximum Gasteiger partial charge on any atom is 0.0619 e. The minimum absolute atomic E-state index is 0.0203. The highest BCUT2D eigenvalue weighted by Gasteiger charge is 2.59. The number of hydrogen-bond acceptors (Lipinski definition) is 1. The van der Waals surface area contributed by atoms with Crippen LogP contribution in [0.3, 0.4) is 0 Å². The molecule has 0 bridgehead atoms. The van der Waals surface area contributed by atoms with Gasteiger partial charge in [-0.05, 0) is 118 Å². The van der Waals surface area contributed by atoms with E-state index in [4.69, 9.17) is 4.74 Å². The van der Waals surface area contributed by atoms with Crippen LogP contribution < -0.4 is 0 Å². The molecule has 4 aliphatic carbocycles. The van der Waals surface area contributed by atoms with Crippen LogP contribution in [0.15, 0.2) is 11.6 Å². The lowest BCUT2D eigenvalue weighted by atomic mass is 9.47. The maximum absolute atomic E-state index is 6.44. The van der Waals surface area contributed by atoms with Crippen LogP contribution in [0.25, 0.3) is 0 Å². The van der Waals surface area contributed by atoms with Crippen molar-refractivity contribution in [2.24, 2.45) is 46.3 Å². The first-order chi connectivity index (χ1) is 14.9. The minimum atomic E-state index is -0.0203. The third-order valence-corrected chi connectivity index (χ3v) is 10.8. The monoisotopic (exact) mass is 442 g/mol. The molecule has 2 unspecified atom stereocenters. The second-order valence-electron chi connectivity index (χ2n) is 14.4. The molecule has 0 heterocycles. The molecule has 1 nitrogen and oxygen atoms in total. The van der Waals surface area contributed by atoms with Gasteiger partial charge in [0.2, 0.25) is 0 Å². The summed E-state index contributed by atoms with van der Waals surface area (Å²) < 4.78 is 6.44. The molecule has 0 amide bonds. The molecule has 8 atom stereocenters. The molecule has 3 saturated carbocycles. The zero-order valence-electron chi connectivity index (χ0n) is 22.8. The standard InChI is InChI=1S/C31H54O/c1-21(2)10-9-11-22(3)26-14-15-27-25-13-12-23-20-24(32-29(4,5)6)16-18-30(23,7)28(25)17-19-31(26,27)8/h12,21-22,24-28H,9-11,13-20H2,1-8H3/t22?,24-,25-,26?,27-,28-,30-,31+/m0/s1. The Morgan fingerprint density at radius 2 is 1.72 bits per heavy atom. The van der Waals surface area contributed by atoms with Gasteiger partial charge >= 0.3 is 0 Å². The molecular weight excluding hydrogens is 388 g/mol. The Balaban J connectivity index is 1.46. The van der Waals surface area contributed by atoms with Crippen LogP contribution in [0.5, 0.6) is 0 Å². The molecular formula is C31H54O. The molecule has 32 heavy (non-hydrogen) atoms. The van der Waals surface area contributed by atoms with Crippen molar-refractivity contribution in [1.82, 2.24) is 0 Å². The quantitative estimate of drug-likeness (QED) is 0.372. The van der Waals surface area contributed by atoms with Gasteiger partial charge in [-0.15, -0.1) is 0 Å². The van der Waals surface area contributed by atoms with Gasteiger partial charge in [0.15, 0.2) is 0 Å². The summed E-state index contributed by atoms with van der Waals surface area (Å²) in [4.78, 5) is 0. The van der Waals surface area contributed by atoms with E-state index >= 15 is 0 Å². The predicted molar refractivity (Wildman–Crippen MR) is 138 cm³/mol. The molecule has 0 N–H and O–H groups in total. The summed E-state index contributed by atoms with van der Waals surface area (Å²) in [7, 11) is 0. The molecule has 0 aliphatic heterocycles. The van der Waals surface area contributed by atoms with Crippen molar-refractivity contribution in [2.45, 2.75) is 138 Å². The predicted octanol–water partition coefficient (Wildman–Crippen LogP) is 9.21. The first-order valence-corrected chi connectivity index (χ1v) is 14.3. The van der Waals surface area contributed by atoms with Crippen molar-refractivity contribution >= 4 is 0 Å². The van der Waals surface area contributed by atoms with Crippen molar-refractivity contribution in [1.29, 1.82) is 0 Å². The average Bonchev–Trinajstić information content (AvgIpc) is 3.04. The molecule has 0 aromatic carbocycles. The SMILES string of the molecule is CC(C)CCCC(C)C1CC[C@H]2[C@@H]3CC=C4C[C@@H](OC(C)(C)C)CC[C@]4(C)[C@H]3CC[C@]12C. The average molecular weight is 443 g/mol. The molecule has 3 fully saturated rings. The molecule has 4 aliphatic rings. The maximum atomic E-state index is 6.44. The Kier molecular flexibility index (Phi) is 7.02. The van der Waals surface area contributed by atoms with Crippen LogP contribution in [0, 0.1) is 46.3 Å². The fourth-order valence-electron chi connectivity index (χ4n) is 9.25. The Morgan fingerprint density at radius 3 is 2.41 bits per heavy atom. The van der Waals surface area contributed by atoms with E-state index in [-0.39, 0.29) is 5.60 Å². The lowest BCUT2D eigenvalue weighted by molar-refractivity contribution is -0.0955. The Labute approximate surface area is 200 Å². The van der Waals surface area contributed by atoms with Gasteiger partial charge in [-0.2, -0.15) is 0 Å². The zero-order valence-corrected chi connectivity index (χ0v) is 22.8. The second-order valence-corrected chi connectivity index (χ2v) is 14.4. The van der Waals surface area contributed by atoms with Gasteiger partial charge in [0.05, 0.1) is 11.7 Å². The summed E-state index contributed by atoms with van der Waals surface area (Å²) >= 11 is 0. The largest absolute Gasteiger partial charge is 0.372 e. The zero-order chi connectivity index (χ0) is 23.3.